The molecule has 0 radical (unpaired) electrons. The maximum atomic E-state index is 6.09. The average Bonchev–Trinajstić information content (AvgIpc) is 2.78. The molecule has 0 aliphatic carbocycles. The molecule has 0 amide bonds. The Labute approximate surface area is 109 Å². The van der Waals surface area contributed by atoms with Crippen LogP contribution in [0.1, 0.15) is 5.56 Å². The van der Waals surface area contributed by atoms with Crippen LogP contribution in [0.5, 0.6) is 0 Å². The van der Waals surface area contributed by atoms with Crippen LogP contribution in [0.4, 0.5) is 11.5 Å². The highest BCUT2D eigenvalue weighted by atomic mass is 35.5. The van der Waals surface area contributed by atoms with Gasteiger partial charge in [-0.05, 0) is 36.8 Å². The van der Waals surface area contributed by atoms with Gasteiger partial charge in [0.1, 0.15) is 0 Å². The smallest absolute Gasteiger partial charge is 0.155 e. The number of benzene rings is 1. The first-order chi connectivity index (χ1) is 8.74. The number of anilines is 2. The van der Waals surface area contributed by atoms with E-state index in [1.807, 2.05) is 37.3 Å². The number of halogens is 1. The van der Waals surface area contributed by atoms with Crippen molar-refractivity contribution in [2.75, 3.05) is 5.32 Å². The van der Waals surface area contributed by atoms with Crippen LogP contribution in [0.25, 0.3) is 5.65 Å². The normalized spacial score (nSPS) is 10.8. The second-order valence-corrected chi connectivity index (χ2v) is 4.43. The molecule has 0 saturated carbocycles. The van der Waals surface area contributed by atoms with Gasteiger partial charge in [-0.25, -0.2) is 4.98 Å². The van der Waals surface area contributed by atoms with Gasteiger partial charge in [-0.2, -0.15) is 9.61 Å². The monoisotopic (exact) mass is 258 g/mol. The molecule has 18 heavy (non-hydrogen) atoms. The van der Waals surface area contributed by atoms with E-state index in [1.54, 1.807) is 16.9 Å². The van der Waals surface area contributed by atoms with Gasteiger partial charge in [0.25, 0.3) is 0 Å². The molecule has 90 valence electrons. The Morgan fingerprint density at radius 2 is 2.17 bits per heavy atom. The van der Waals surface area contributed by atoms with Gasteiger partial charge in [0.15, 0.2) is 11.5 Å². The number of fused-ring (bicyclic) bond motifs is 1. The lowest BCUT2D eigenvalue weighted by atomic mass is 10.2. The number of nitrogens with one attached hydrogen (secondary N) is 1. The van der Waals surface area contributed by atoms with Crippen LogP contribution < -0.4 is 5.32 Å². The molecule has 1 aromatic carbocycles. The summed E-state index contributed by atoms with van der Waals surface area (Å²) < 4.78 is 1.74. The van der Waals surface area contributed by atoms with Crippen LogP contribution in [-0.2, 0) is 0 Å². The van der Waals surface area contributed by atoms with E-state index in [-0.39, 0.29) is 0 Å². The first-order valence-electron chi connectivity index (χ1n) is 5.56. The standard InChI is InChI=1S/C13H11ClN4/c1-9-4-5-10(7-11(9)14)17-13-8-15-12-3-2-6-16-18(12)13/h2-8,17H,1H3. The number of nitrogens with zero attached hydrogens (tertiary/aromatic N) is 3. The molecule has 3 aromatic rings. The molecule has 0 spiro atoms. The molecule has 4 nitrogen and oxygen atoms in total. The number of aryl methyl sites for hydroxylation is 1. The molecule has 2 heterocycles. The molecule has 0 bridgehead atoms. The molecular weight excluding hydrogens is 248 g/mol. The second kappa shape index (κ2) is 4.31. The van der Waals surface area contributed by atoms with E-state index in [0.29, 0.717) is 0 Å². The van der Waals surface area contributed by atoms with Crippen LogP contribution in [0.2, 0.25) is 5.02 Å². The van der Waals surface area contributed by atoms with E-state index in [2.05, 4.69) is 15.4 Å². The summed E-state index contributed by atoms with van der Waals surface area (Å²) in [6.45, 7) is 1.97. The number of imidazole rings is 1. The summed E-state index contributed by atoms with van der Waals surface area (Å²) >= 11 is 6.09. The van der Waals surface area contributed by atoms with E-state index in [1.165, 1.54) is 0 Å². The molecule has 0 unspecified atom stereocenters. The highest BCUT2D eigenvalue weighted by Crippen LogP contribution is 2.23. The van der Waals surface area contributed by atoms with Crippen LogP contribution in [-0.4, -0.2) is 14.6 Å². The minimum Gasteiger partial charge on any atom is -0.339 e. The van der Waals surface area contributed by atoms with Gasteiger partial charge in [-0.1, -0.05) is 17.7 Å². The van der Waals surface area contributed by atoms with Crippen molar-refractivity contribution in [1.29, 1.82) is 0 Å². The molecular formula is C13H11ClN4. The summed E-state index contributed by atoms with van der Waals surface area (Å²) in [5.41, 5.74) is 2.77. The predicted octanol–water partition coefficient (Wildman–Crippen LogP) is 3.43. The first-order valence-corrected chi connectivity index (χ1v) is 5.94. The van der Waals surface area contributed by atoms with Gasteiger partial charge in [0.05, 0.1) is 6.20 Å². The van der Waals surface area contributed by atoms with Gasteiger partial charge in [-0.15, -0.1) is 0 Å². The summed E-state index contributed by atoms with van der Waals surface area (Å²) in [5.74, 6) is 0.811. The van der Waals surface area contributed by atoms with Crippen LogP contribution >= 0.6 is 11.6 Å². The zero-order valence-electron chi connectivity index (χ0n) is 9.76. The summed E-state index contributed by atoms with van der Waals surface area (Å²) in [6, 6.07) is 9.60. The summed E-state index contributed by atoms with van der Waals surface area (Å²) in [6.07, 6.45) is 3.47. The van der Waals surface area contributed by atoms with Gasteiger partial charge in [-0.3, -0.25) is 0 Å². The fourth-order valence-corrected chi connectivity index (χ4v) is 1.91. The highest BCUT2D eigenvalue weighted by molar-refractivity contribution is 6.31. The van der Waals surface area contributed by atoms with Crippen LogP contribution in [0, 0.1) is 6.92 Å². The molecule has 3 rings (SSSR count). The van der Waals surface area contributed by atoms with Gasteiger partial charge >= 0.3 is 0 Å². The zero-order chi connectivity index (χ0) is 12.5. The third-order valence-electron chi connectivity index (χ3n) is 2.72. The van der Waals surface area contributed by atoms with Gasteiger partial charge in [0, 0.05) is 16.9 Å². The van der Waals surface area contributed by atoms with Crippen molar-refractivity contribution in [1.82, 2.24) is 14.6 Å². The lowest BCUT2D eigenvalue weighted by molar-refractivity contribution is 0.942. The zero-order valence-corrected chi connectivity index (χ0v) is 10.5. The summed E-state index contributed by atoms with van der Waals surface area (Å²) in [4.78, 5) is 4.26. The van der Waals surface area contributed by atoms with Crippen molar-refractivity contribution in [2.45, 2.75) is 6.92 Å². The molecule has 1 N–H and O–H groups in total. The third kappa shape index (κ3) is 1.91. The number of aromatic nitrogens is 3. The Morgan fingerprint density at radius 1 is 1.28 bits per heavy atom. The van der Waals surface area contributed by atoms with Crippen molar-refractivity contribution >= 4 is 28.8 Å². The largest absolute Gasteiger partial charge is 0.339 e. The average molecular weight is 259 g/mol. The van der Waals surface area contributed by atoms with Crippen LogP contribution in [0.3, 0.4) is 0 Å². The summed E-state index contributed by atoms with van der Waals surface area (Å²) in [5, 5.41) is 8.22. The first kappa shape index (κ1) is 11.0. The van der Waals surface area contributed by atoms with Crippen LogP contribution in [0.15, 0.2) is 42.7 Å². The molecule has 0 atom stereocenters. The van der Waals surface area contributed by atoms with Crippen molar-refractivity contribution in [2.24, 2.45) is 0 Å². The van der Waals surface area contributed by atoms with E-state index in [9.17, 15) is 0 Å². The van der Waals surface area contributed by atoms with Crippen molar-refractivity contribution in [3.05, 3.63) is 53.3 Å². The quantitative estimate of drug-likeness (QED) is 0.766. The molecule has 0 fully saturated rings. The van der Waals surface area contributed by atoms with Crippen molar-refractivity contribution < 1.29 is 0 Å². The molecule has 2 aromatic heterocycles. The number of hydrogen-bond acceptors (Lipinski definition) is 3. The SMILES string of the molecule is Cc1ccc(Nc2cnc3cccnn23)cc1Cl. The van der Waals surface area contributed by atoms with E-state index >= 15 is 0 Å². The molecule has 0 saturated heterocycles. The topological polar surface area (TPSA) is 42.2 Å². The predicted molar refractivity (Wildman–Crippen MR) is 72.5 cm³/mol. The highest BCUT2D eigenvalue weighted by Gasteiger charge is 2.04. The maximum Gasteiger partial charge on any atom is 0.155 e. The lowest BCUT2D eigenvalue weighted by Gasteiger charge is -2.06. The number of hydrogen-bond donors (Lipinski definition) is 1. The fraction of sp³-hybridized carbons (Fsp3) is 0.0769. The summed E-state index contributed by atoms with van der Waals surface area (Å²) in [7, 11) is 0. The van der Waals surface area contributed by atoms with Gasteiger partial charge in [0.2, 0.25) is 0 Å². The molecule has 0 aliphatic heterocycles. The van der Waals surface area contributed by atoms with E-state index < -0.39 is 0 Å². The Hall–Kier alpha value is -2.07. The maximum absolute atomic E-state index is 6.09. The van der Waals surface area contributed by atoms with Crippen molar-refractivity contribution in [3.8, 4) is 0 Å². The van der Waals surface area contributed by atoms with E-state index in [4.69, 9.17) is 11.6 Å². The molecule has 5 heteroatoms. The Balaban J connectivity index is 1.98. The minimum atomic E-state index is 0.738. The Bertz CT molecular complexity index is 705. The van der Waals surface area contributed by atoms with Crippen molar-refractivity contribution in [3.63, 3.8) is 0 Å². The lowest BCUT2D eigenvalue weighted by Crippen LogP contribution is -1.97. The second-order valence-electron chi connectivity index (χ2n) is 4.03. The Morgan fingerprint density at radius 3 is 3.00 bits per heavy atom. The number of rotatable bonds is 2. The third-order valence-corrected chi connectivity index (χ3v) is 3.13. The minimum absolute atomic E-state index is 0.738. The molecule has 0 aliphatic rings. The van der Waals surface area contributed by atoms with Gasteiger partial charge < -0.3 is 5.32 Å². The fourth-order valence-electron chi connectivity index (χ4n) is 1.73. The van der Waals surface area contributed by atoms with E-state index in [0.717, 1.165) is 27.7 Å². The Kier molecular flexibility index (Phi) is 2.64.